The summed E-state index contributed by atoms with van der Waals surface area (Å²) in [6, 6.07) is 9.25. The second kappa shape index (κ2) is 6.29. The molecule has 2 aromatic rings. The molecule has 0 bridgehead atoms. The second-order valence-corrected chi connectivity index (χ2v) is 4.60. The van der Waals surface area contributed by atoms with Crippen molar-refractivity contribution in [1.82, 2.24) is 15.0 Å². The summed E-state index contributed by atoms with van der Waals surface area (Å²) in [6.07, 6.45) is 0.123. The topological polar surface area (TPSA) is 77.2 Å². The predicted molar refractivity (Wildman–Crippen MR) is 73.5 cm³/mol. The molecule has 6 nitrogen and oxygen atoms in total. The average Bonchev–Trinajstić information content (AvgIpc) is 2.83. The lowest BCUT2D eigenvalue weighted by Crippen LogP contribution is -2.13. The van der Waals surface area contributed by atoms with Crippen LogP contribution in [-0.2, 0) is 11.3 Å². The average molecular weight is 275 g/mol. The van der Waals surface area contributed by atoms with Crippen LogP contribution in [0.4, 0.5) is 0 Å². The van der Waals surface area contributed by atoms with E-state index >= 15 is 0 Å². The molecule has 0 aliphatic carbocycles. The number of aromatic nitrogens is 3. The molecule has 1 aromatic carbocycles. The fourth-order valence-corrected chi connectivity index (χ4v) is 1.87. The number of nitrogens with zero attached hydrogens (tertiary/aromatic N) is 3. The van der Waals surface area contributed by atoms with Gasteiger partial charge in [0.25, 0.3) is 0 Å². The van der Waals surface area contributed by atoms with Crippen molar-refractivity contribution < 1.29 is 14.6 Å². The molecule has 1 heterocycles. The van der Waals surface area contributed by atoms with Crippen LogP contribution in [0.2, 0.25) is 0 Å². The van der Waals surface area contributed by atoms with Crippen LogP contribution in [0.15, 0.2) is 30.3 Å². The first-order valence-corrected chi connectivity index (χ1v) is 6.43. The van der Waals surface area contributed by atoms with E-state index in [0.29, 0.717) is 18.8 Å². The first kappa shape index (κ1) is 14.2. The van der Waals surface area contributed by atoms with Crippen LogP contribution in [0.5, 0.6) is 0 Å². The number of ether oxygens (including phenoxy) is 1. The predicted octanol–water partition coefficient (Wildman–Crippen LogP) is 2.07. The molecule has 0 fully saturated rings. The van der Waals surface area contributed by atoms with Gasteiger partial charge in [-0.05, 0) is 13.8 Å². The molecule has 0 spiro atoms. The van der Waals surface area contributed by atoms with Crippen molar-refractivity contribution in [3.05, 3.63) is 36.0 Å². The van der Waals surface area contributed by atoms with E-state index < -0.39 is 5.97 Å². The maximum Gasteiger partial charge on any atom is 0.358 e. The van der Waals surface area contributed by atoms with Crippen LogP contribution in [0.3, 0.4) is 0 Å². The van der Waals surface area contributed by atoms with E-state index in [2.05, 4.69) is 10.3 Å². The van der Waals surface area contributed by atoms with Gasteiger partial charge in [-0.25, -0.2) is 9.48 Å². The highest BCUT2D eigenvalue weighted by Gasteiger charge is 2.20. The zero-order valence-corrected chi connectivity index (χ0v) is 11.5. The summed E-state index contributed by atoms with van der Waals surface area (Å²) in [7, 11) is 0. The Labute approximate surface area is 117 Å². The monoisotopic (exact) mass is 275 g/mol. The van der Waals surface area contributed by atoms with Gasteiger partial charge in [-0.15, -0.1) is 5.10 Å². The van der Waals surface area contributed by atoms with Gasteiger partial charge in [0.2, 0.25) is 0 Å². The number of hydrogen-bond acceptors (Lipinski definition) is 4. The maximum atomic E-state index is 11.2. The Hall–Kier alpha value is -2.21. The fraction of sp³-hybridized carbons (Fsp3) is 0.357. The molecule has 0 aliphatic heterocycles. The fourth-order valence-electron chi connectivity index (χ4n) is 1.87. The van der Waals surface area contributed by atoms with Crippen molar-refractivity contribution in [1.29, 1.82) is 0 Å². The Morgan fingerprint density at radius 3 is 2.65 bits per heavy atom. The van der Waals surface area contributed by atoms with Crippen LogP contribution in [-0.4, -0.2) is 38.8 Å². The van der Waals surface area contributed by atoms with Gasteiger partial charge in [0.05, 0.1) is 19.3 Å². The summed E-state index contributed by atoms with van der Waals surface area (Å²) in [5.41, 5.74) is 1.24. The summed E-state index contributed by atoms with van der Waals surface area (Å²) < 4.78 is 7.04. The van der Waals surface area contributed by atoms with E-state index in [1.165, 1.54) is 0 Å². The third kappa shape index (κ3) is 3.21. The van der Waals surface area contributed by atoms with Gasteiger partial charge in [-0.2, -0.15) is 0 Å². The Kier molecular flexibility index (Phi) is 4.47. The first-order valence-electron chi connectivity index (χ1n) is 6.43. The van der Waals surface area contributed by atoms with Crippen molar-refractivity contribution in [2.45, 2.75) is 26.5 Å². The van der Waals surface area contributed by atoms with Crippen molar-refractivity contribution in [2.75, 3.05) is 6.61 Å². The quantitative estimate of drug-likeness (QED) is 0.873. The summed E-state index contributed by atoms with van der Waals surface area (Å²) in [5, 5.41) is 16.9. The largest absolute Gasteiger partial charge is 0.476 e. The Bertz CT molecular complexity index is 579. The molecule has 20 heavy (non-hydrogen) atoms. The molecule has 0 amide bonds. The summed E-state index contributed by atoms with van der Waals surface area (Å²) in [5.74, 6) is -1.08. The Balaban J connectivity index is 2.31. The molecule has 0 unspecified atom stereocenters. The molecule has 0 radical (unpaired) electrons. The maximum absolute atomic E-state index is 11.2. The molecular formula is C14H17N3O3. The van der Waals surface area contributed by atoms with Gasteiger partial charge in [0, 0.05) is 5.56 Å². The zero-order chi connectivity index (χ0) is 14.5. The summed E-state index contributed by atoms with van der Waals surface area (Å²) in [4.78, 5) is 11.2. The number of aromatic carboxylic acids is 1. The molecule has 1 N–H and O–H groups in total. The number of carbonyl (C=O) groups is 1. The molecule has 0 atom stereocenters. The van der Waals surface area contributed by atoms with Crippen LogP contribution in [0, 0.1) is 0 Å². The van der Waals surface area contributed by atoms with Crippen molar-refractivity contribution in [3.63, 3.8) is 0 Å². The zero-order valence-electron chi connectivity index (χ0n) is 11.5. The van der Waals surface area contributed by atoms with E-state index in [9.17, 15) is 9.90 Å². The normalized spacial score (nSPS) is 10.9. The van der Waals surface area contributed by atoms with Crippen LogP contribution >= 0.6 is 0 Å². The minimum Gasteiger partial charge on any atom is -0.476 e. The van der Waals surface area contributed by atoms with Crippen molar-refractivity contribution in [2.24, 2.45) is 0 Å². The Morgan fingerprint density at radius 2 is 2.05 bits per heavy atom. The molecule has 1 aromatic heterocycles. The van der Waals surface area contributed by atoms with Crippen molar-refractivity contribution >= 4 is 5.97 Å². The van der Waals surface area contributed by atoms with Gasteiger partial charge < -0.3 is 9.84 Å². The number of carboxylic acid groups (broad SMARTS) is 1. The van der Waals surface area contributed by atoms with Gasteiger partial charge in [0.15, 0.2) is 5.69 Å². The number of benzene rings is 1. The van der Waals surface area contributed by atoms with Crippen LogP contribution in [0.25, 0.3) is 11.3 Å². The first-order chi connectivity index (χ1) is 9.59. The Morgan fingerprint density at radius 1 is 1.35 bits per heavy atom. The lowest BCUT2D eigenvalue weighted by molar-refractivity contribution is 0.0687. The minimum absolute atomic E-state index is 0.0410. The lowest BCUT2D eigenvalue weighted by atomic mass is 10.1. The van der Waals surface area contributed by atoms with Gasteiger partial charge in [-0.3, -0.25) is 0 Å². The number of carboxylic acids is 1. The van der Waals surface area contributed by atoms with Crippen molar-refractivity contribution in [3.8, 4) is 11.3 Å². The second-order valence-electron chi connectivity index (χ2n) is 4.60. The smallest absolute Gasteiger partial charge is 0.358 e. The van der Waals surface area contributed by atoms with Gasteiger partial charge in [0.1, 0.15) is 5.69 Å². The van der Waals surface area contributed by atoms with E-state index in [0.717, 1.165) is 5.56 Å². The molecule has 0 aliphatic rings. The third-order valence-electron chi connectivity index (χ3n) is 2.74. The SMILES string of the molecule is CC(C)OCCn1nnc(C(=O)O)c1-c1ccccc1. The molecule has 106 valence electrons. The molecule has 0 saturated carbocycles. The number of hydrogen-bond donors (Lipinski definition) is 1. The van der Waals surface area contributed by atoms with E-state index in [1.807, 2.05) is 44.2 Å². The number of rotatable bonds is 6. The summed E-state index contributed by atoms with van der Waals surface area (Å²) >= 11 is 0. The summed E-state index contributed by atoms with van der Waals surface area (Å²) in [6.45, 7) is 4.81. The van der Waals surface area contributed by atoms with E-state index in [4.69, 9.17) is 4.74 Å². The molecule has 2 rings (SSSR count). The third-order valence-corrected chi connectivity index (χ3v) is 2.74. The molecule has 0 saturated heterocycles. The van der Waals surface area contributed by atoms with E-state index in [1.54, 1.807) is 4.68 Å². The highest BCUT2D eigenvalue weighted by Crippen LogP contribution is 2.21. The highest BCUT2D eigenvalue weighted by atomic mass is 16.5. The minimum atomic E-state index is -1.08. The van der Waals surface area contributed by atoms with Crippen LogP contribution in [0.1, 0.15) is 24.3 Å². The van der Waals surface area contributed by atoms with Gasteiger partial charge >= 0.3 is 5.97 Å². The van der Waals surface area contributed by atoms with Crippen LogP contribution < -0.4 is 0 Å². The molecule has 6 heteroatoms. The lowest BCUT2D eigenvalue weighted by Gasteiger charge is -2.09. The standard InChI is InChI=1S/C14H17N3O3/c1-10(2)20-9-8-17-13(11-6-4-3-5-7-11)12(14(18)19)15-16-17/h3-7,10H,8-9H2,1-2H3,(H,18,19). The van der Waals surface area contributed by atoms with E-state index in [-0.39, 0.29) is 11.8 Å². The molecular weight excluding hydrogens is 258 g/mol. The highest BCUT2D eigenvalue weighted by molar-refractivity contribution is 5.92. The van der Waals surface area contributed by atoms with Gasteiger partial charge in [-0.1, -0.05) is 35.5 Å².